The molecule has 0 radical (unpaired) electrons. The van der Waals surface area contributed by atoms with Crippen LogP contribution in [-0.2, 0) is 6.18 Å². The molecular formula is C66H34F3N7. The maximum Gasteiger partial charge on any atom is 0.417 e. The van der Waals surface area contributed by atoms with Crippen LogP contribution in [-0.4, -0.2) is 9.13 Å². The highest BCUT2D eigenvalue weighted by atomic mass is 19.4. The quantitative estimate of drug-likeness (QED) is 0.149. The Hall–Kier alpha value is -11.0. The zero-order chi connectivity index (χ0) is 52.2. The number of nitriles is 3. The van der Waals surface area contributed by atoms with Crippen LogP contribution in [0.1, 0.15) is 22.3 Å². The van der Waals surface area contributed by atoms with Crippen molar-refractivity contribution in [1.29, 1.82) is 15.8 Å². The molecule has 7 nitrogen and oxygen atoms in total. The van der Waals surface area contributed by atoms with E-state index in [1.54, 1.807) is 66.7 Å². The van der Waals surface area contributed by atoms with Gasteiger partial charge in [-0.15, -0.1) is 0 Å². The highest BCUT2D eigenvalue weighted by molar-refractivity contribution is 6.14. The Kier molecular flexibility index (Phi) is 11.1. The average molecular weight is 982 g/mol. The summed E-state index contributed by atoms with van der Waals surface area (Å²) in [5, 5.41) is 33.7. The summed E-state index contributed by atoms with van der Waals surface area (Å²) in [7, 11) is 0. The van der Waals surface area contributed by atoms with E-state index in [4.69, 9.17) is 13.1 Å². The fourth-order valence-electron chi connectivity index (χ4n) is 10.5. The van der Waals surface area contributed by atoms with Crippen LogP contribution in [0.5, 0.6) is 0 Å². The lowest BCUT2D eigenvalue weighted by atomic mass is 9.93. The van der Waals surface area contributed by atoms with Gasteiger partial charge in [-0.05, 0) is 117 Å². The Morgan fingerprint density at radius 1 is 0.368 bits per heavy atom. The standard InChI is InChI=1S/C66H34F3N7/c1-73-51-23-15-45(16-24-51)49-21-29-55-56-30-22-50(46-17-25-52(74-2)26-18-46)36-62(56)76(61(55)35-49)64-32-42(39-72)31-63(65(64)57-5-3-4-6-58(57)66(67,68)69)75-59-33-47(43-11-7-40(37-70)8-12-43)19-27-53(59)54-28-20-48(34-60(54)75)44-13-9-41(38-71)10-14-44/h3-36H. The van der Waals surface area contributed by atoms with Crippen molar-refractivity contribution in [3.8, 4) is 85.2 Å². The molecule has 12 aromatic rings. The van der Waals surface area contributed by atoms with Crippen LogP contribution in [0.15, 0.2) is 206 Å². The monoisotopic (exact) mass is 981 g/mol. The van der Waals surface area contributed by atoms with Crippen LogP contribution >= 0.6 is 0 Å². The van der Waals surface area contributed by atoms with Gasteiger partial charge in [-0.2, -0.15) is 29.0 Å². The molecule has 0 saturated carbocycles. The maximum atomic E-state index is 15.9. The van der Waals surface area contributed by atoms with Crippen LogP contribution in [0, 0.1) is 47.1 Å². The first-order valence-corrected chi connectivity index (χ1v) is 23.9. The number of rotatable bonds is 7. The van der Waals surface area contributed by atoms with E-state index in [1.807, 2.05) is 130 Å². The van der Waals surface area contributed by atoms with Crippen molar-refractivity contribution in [2.75, 3.05) is 0 Å². The summed E-state index contributed by atoms with van der Waals surface area (Å²) in [5.74, 6) is 0. The van der Waals surface area contributed by atoms with Crippen molar-refractivity contribution >= 4 is 55.0 Å². The normalized spacial score (nSPS) is 11.3. The minimum absolute atomic E-state index is 0.113. The first-order chi connectivity index (χ1) is 37.0. The van der Waals surface area contributed by atoms with Crippen LogP contribution in [0.4, 0.5) is 24.5 Å². The van der Waals surface area contributed by atoms with E-state index in [-0.39, 0.29) is 16.7 Å². The van der Waals surface area contributed by atoms with Gasteiger partial charge in [0, 0.05) is 27.1 Å². The molecule has 0 amide bonds. The third-order valence-electron chi connectivity index (χ3n) is 14.1. The average Bonchev–Trinajstić information content (AvgIpc) is 4.02. The number of hydrogen-bond acceptors (Lipinski definition) is 3. The van der Waals surface area contributed by atoms with Crippen LogP contribution in [0.25, 0.3) is 120 Å². The second kappa shape index (κ2) is 18.3. The Bertz CT molecular complexity index is 4100. The highest BCUT2D eigenvalue weighted by Gasteiger charge is 2.36. The van der Waals surface area contributed by atoms with E-state index in [2.05, 4.69) is 27.9 Å². The second-order valence-electron chi connectivity index (χ2n) is 18.3. The molecule has 2 aromatic heterocycles. The van der Waals surface area contributed by atoms with Crippen molar-refractivity contribution in [3.05, 3.63) is 251 Å². The maximum absolute atomic E-state index is 15.9. The molecule has 0 aliphatic carbocycles. The van der Waals surface area contributed by atoms with Gasteiger partial charge in [-0.3, -0.25) is 0 Å². The van der Waals surface area contributed by atoms with Gasteiger partial charge in [0.2, 0.25) is 0 Å². The molecule has 0 N–H and O–H groups in total. The Balaban J connectivity index is 1.25. The van der Waals surface area contributed by atoms with E-state index < -0.39 is 11.7 Å². The lowest BCUT2D eigenvalue weighted by Crippen LogP contribution is -2.11. The summed E-state index contributed by atoms with van der Waals surface area (Å²) in [4.78, 5) is 7.16. The molecule has 0 unspecified atom stereocenters. The Labute approximate surface area is 433 Å². The summed E-state index contributed by atoms with van der Waals surface area (Å²) < 4.78 is 51.5. The van der Waals surface area contributed by atoms with Crippen LogP contribution in [0.3, 0.4) is 0 Å². The first kappa shape index (κ1) is 46.1. The summed E-state index contributed by atoms with van der Waals surface area (Å²) in [6.45, 7) is 15.1. The fraction of sp³-hybridized carbons (Fsp3) is 0.0152. The number of nitrogens with zero attached hydrogens (tertiary/aromatic N) is 7. The molecule has 0 saturated heterocycles. The number of hydrogen-bond donors (Lipinski definition) is 0. The minimum atomic E-state index is -4.82. The fourth-order valence-corrected chi connectivity index (χ4v) is 10.5. The number of halogens is 3. The van der Waals surface area contributed by atoms with Crippen molar-refractivity contribution in [3.63, 3.8) is 0 Å². The lowest BCUT2D eigenvalue weighted by molar-refractivity contribution is -0.137. The van der Waals surface area contributed by atoms with Gasteiger partial charge in [0.25, 0.3) is 0 Å². The van der Waals surface area contributed by atoms with Gasteiger partial charge in [-0.25, -0.2) is 9.69 Å². The van der Waals surface area contributed by atoms with Crippen molar-refractivity contribution in [2.24, 2.45) is 0 Å². The number of aromatic nitrogens is 2. The zero-order valence-electron chi connectivity index (χ0n) is 39.9. The molecule has 2 heterocycles. The molecule has 0 spiro atoms. The summed E-state index contributed by atoms with van der Waals surface area (Å²) in [6, 6.07) is 68.4. The van der Waals surface area contributed by atoms with Gasteiger partial charge in [-0.1, -0.05) is 140 Å². The molecule has 354 valence electrons. The topological polar surface area (TPSA) is 89.9 Å². The largest absolute Gasteiger partial charge is 0.417 e. The van der Waals surface area contributed by atoms with E-state index in [9.17, 15) is 15.8 Å². The molecule has 10 aromatic carbocycles. The molecule has 0 bridgehead atoms. The number of benzene rings is 10. The summed E-state index contributed by atoms with van der Waals surface area (Å²) in [6.07, 6.45) is -4.82. The van der Waals surface area contributed by atoms with Gasteiger partial charge in [0.1, 0.15) is 0 Å². The second-order valence-corrected chi connectivity index (χ2v) is 18.3. The molecule has 76 heavy (non-hydrogen) atoms. The Morgan fingerprint density at radius 2 is 0.684 bits per heavy atom. The van der Waals surface area contributed by atoms with E-state index in [0.29, 0.717) is 55.9 Å². The molecule has 0 fully saturated rings. The molecule has 0 aliphatic heterocycles. The van der Waals surface area contributed by atoms with E-state index >= 15 is 13.2 Å². The highest BCUT2D eigenvalue weighted by Crippen LogP contribution is 2.48. The molecule has 0 atom stereocenters. The molecule has 12 rings (SSSR count). The van der Waals surface area contributed by atoms with Gasteiger partial charge in [0.15, 0.2) is 11.4 Å². The molecule has 10 heteroatoms. The number of alkyl halides is 3. The number of fused-ring (bicyclic) bond motifs is 6. The van der Waals surface area contributed by atoms with E-state index in [0.717, 1.165) is 72.1 Å². The third-order valence-corrected chi connectivity index (χ3v) is 14.1. The van der Waals surface area contributed by atoms with Gasteiger partial charge in [0.05, 0.1) is 87.0 Å². The summed E-state index contributed by atoms with van der Waals surface area (Å²) >= 11 is 0. The predicted octanol–water partition coefficient (Wildman–Crippen LogP) is 18.0. The van der Waals surface area contributed by atoms with Crippen LogP contribution < -0.4 is 0 Å². The van der Waals surface area contributed by atoms with Crippen molar-refractivity contribution < 1.29 is 13.2 Å². The van der Waals surface area contributed by atoms with E-state index in [1.165, 1.54) is 12.1 Å². The lowest BCUT2D eigenvalue weighted by Gasteiger charge is -2.23. The molecular weight excluding hydrogens is 948 g/mol. The Morgan fingerprint density at radius 3 is 1.00 bits per heavy atom. The smallest absolute Gasteiger partial charge is 0.308 e. The molecule has 0 aliphatic rings. The van der Waals surface area contributed by atoms with Crippen molar-refractivity contribution in [2.45, 2.75) is 6.18 Å². The third kappa shape index (κ3) is 7.83. The minimum Gasteiger partial charge on any atom is -0.308 e. The van der Waals surface area contributed by atoms with Crippen LogP contribution in [0.2, 0.25) is 0 Å². The first-order valence-electron chi connectivity index (χ1n) is 23.9. The summed E-state index contributed by atoms with van der Waals surface area (Å²) in [5.41, 5.74) is 11.0. The van der Waals surface area contributed by atoms with Gasteiger partial charge >= 0.3 is 6.18 Å². The van der Waals surface area contributed by atoms with Crippen molar-refractivity contribution in [1.82, 2.24) is 9.13 Å². The zero-order valence-corrected chi connectivity index (χ0v) is 39.9. The van der Waals surface area contributed by atoms with Gasteiger partial charge < -0.3 is 9.13 Å². The predicted molar refractivity (Wildman–Crippen MR) is 294 cm³/mol. The SMILES string of the molecule is [C-]#[N+]c1ccc(-c2ccc3c4ccc(-c5ccc([N+]#[C-])cc5)cc4n(-c4cc(C#N)cc(-n5c6cc(-c7ccc(C#N)cc7)ccc6c6ccc(-c7ccc(C#N)cc7)cc65)c4-c4ccccc4C(F)(F)F)c3c2)cc1.